The third-order valence-electron chi connectivity index (χ3n) is 2.34. The van der Waals surface area contributed by atoms with Gasteiger partial charge < -0.3 is 10.7 Å². The molecule has 1 unspecified atom stereocenters. The number of hydrogen-bond donors (Lipinski definition) is 2. The van der Waals surface area contributed by atoms with Crippen LogP contribution in [0, 0.1) is 13.8 Å². The fourth-order valence-electron chi connectivity index (χ4n) is 1.45. The molecule has 4 heteroatoms. The topological polar surface area (TPSA) is 46.1 Å². The molecule has 0 aliphatic heterocycles. The van der Waals surface area contributed by atoms with Gasteiger partial charge in [0.15, 0.2) is 0 Å². The molecule has 1 aromatic heterocycles. The van der Waals surface area contributed by atoms with Crippen LogP contribution in [0.1, 0.15) is 25.2 Å². The Bertz CT molecular complexity index is 324. The standard InChI is InChI=1S/C11H19N3O/c1-5-12-11(15)10(4)13-14-8(2)6-7-9(14)3/h6-7,10,13H,5H2,1-4H3,(H,12,15). The van der Waals surface area contributed by atoms with E-state index in [1.165, 1.54) is 0 Å². The Hall–Kier alpha value is -1.45. The summed E-state index contributed by atoms with van der Waals surface area (Å²) in [6, 6.07) is 3.81. The van der Waals surface area contributed by atoms with Gasteiger partial charge in [0, 0.05) is 17.9 Å². The van der Waals surface area contributed by atoms with Crippen LogP contribution in [0.3, 0.4) is 0 Å². The highest BCUT2D eigenvalue weighted by molar-refractivity contribution is 5.82. The summed E-state index contributed by atoms with van der Waals surface area (Å²) in [6.07, 6.45) is 0. The van der Waals surface area contributed by atoms with E-state index in [2.05, 4.69) is 10.7 Å². The zero-order valence-corrected chi connectivity index (χ0v) is 9.79. The molecule has 1 rings (SSSR count). The lowest BCUT2D eigenvalue weighted by atomic mass is 10.3. The molecular weight excluding hydrogens is 190 g/mol. The number of likely N-dealkylation sites (N-methyl/N-ethyl adjacent to an activating group) is 1. The summed E-state index contributed by atoms with van der Waals surface area (Å²) >= 11 is 0. The highest BCUT2D eigenvalue weighted by Gasteiger charge is 2.12. The van der Waals surface area contributed by atoms with Gasteiger partial charge >= 0.3 is 0 Å². The van der Waals surface area contributed by atoms with Crippen molar-refractivity contribution in [1.82, 2.24) is 9.99 Å². The molecule has 1 amide bonds. The molecule has 0 aromatic carbocycles. The number of nitrogens with zero attached hydrogens (tertiary/aromatic N) is 1. The predicted molar refractivity (Wildman–Crippen MR) is 61.4 cm³/mol. The number of hydrogen-bond acceptors (Lipinski definition) is 2. The number of aryl methyl sites for hydroxylation is 2. The van der Waals surface area contributed by atoms with Gasteiger partial charge in [-0.15, -0.1) is 0 Å². The summed E-state index contributed by atoms with van der Waals surface area (Å²) in [4.78, 5) is 11.5. The van der Waals surface area contributed by atoms with Gasteiger partial charge in [0.1, 0.15) is 6.04 Å². The summed E-state index contributed by atoms with van der Waals surface area (Å²) in [6.45, 7) is 8.43. The number of aromatic nitrogens is 1. The minimum atomic E-state index is -0.227. The van der Waals surface area contributed by atoms with Crippen molar-refractivity contribution in [1.29, 1.82) is 0 Å². The van der Waals surface area contributed by atoms with Crippen LogP contribution in [0.5, 0.6) is 0 Å². The van der Waals surface area contributed by atoms with Crippen LogP contribution in [-0.2, 0) is 4.79 Å². The summed E-state index contributed by atoms with van der Waals surface area (Å²) in [5, 5.41) is 2.78. The molecule has 0 bridgehead atoms. The summed E-state index contributed by atoms with van der Waals surface area (Å²) < 4.78 is 1.93. The van der Waals surface area contributed by atoms with E-state index in [4.69, 9.17) is 0 Å². The van der Waals surface area contributed by atoms with E-state index in [9.17, 15) is 4.79 Å². The van der Waals surface area contributed by atoms with Crippen molar-refractivity contribution in [3.8, 4) is 0 Å². The number of carbonyl (C=O) groups excluding carboxylic acids is 1. The summed E-state index contributed by atoms with van der Waals surface area (Å²) in [5.74, 6) is 0.0185. The van der Waals surface area contributed by atoms with E-state index in [1.54, 1.807) is 0 Å². The second-order valence-electron chi connectivity index (χ2n) is 3.70. The van der Waals surface area contributed by atoms with Crippen molar-refractivity contribution in [3.05, 3.63) is 23.5 Å². The maximum atomic E-state index is 11.5. The molecule has 0 saturated heterocycles. The average molecular weight is 209 g/mol. The van der Waals surface area contributed by atoms with Crippen molar-refractivity contribution < 1.29 is 4.79 Å². The zero-order valence-electron chi connectivity index (χ0n) is 9.79. The Kier molecular flexibility index (Phi) is 3.77. The Morgan fingerprint density at radius 3 is 2.40 bits per heavy atom. The summed E-state index contributed by atoms with van der Waals surface area (Å²) in [5.41, 5.74) is 5.35. The van der Waals surface area contributed by atoms with Gasteiger partial charge in [-0.1, -0.05) is 0 Å². The summed E-state index contributed by atoms with van der Waals surface area (Å²) in [7, 11) is 0. The van der Waals surface area contributed by atoms with Gasteiger partial charge in [-0.25, -0.2) is 0 Å². The van der Waals surface area contributed by atoms with Crippen LogP contribution in [0.15, 0.2) is 12.1 Å². The van der Waals surface area contributed by atoms with Crippen LogP contribution in [-0.4, -0.2) is 23.2 Å². The lowest BCUT2D eigenvalue weighted by Crippen LogP contribution is -2.41. The first-order valence-electron chi connectivity index (χ1n) is 5.25. The Morgan fingerprint density at radius 2 is 1.93 bits per heavy atom. The highest BCUT2D eigenvalue weighted by atomic mass is 16.2. The second kappa shape index (κ2) is 4.87. The van der Waals surface area contributed by atoms with Crippen LogP contribution >= 0.6 is 0 Å². The monoisotopic (exact) mass is 209 g/mol. The Morgan fingerprint density at radius 1 is 1.40 bits per heavy atom. The van der Waals surface area contributed by atoms with Crippen LogP contribution < -0.4 is 10.7 Å². The quantitative estimate of drug-likeness (QED) is 0.782. The van der Waals surface area contributed by atoms with E-state index < -0.39 is 0 Å². The lowest BCUT2D eigenvalue weighted by Gasteiger charge is -2.18. The molecule has 0 aliphatic carbocycles. The molecule has 0 saturated carbocycles. The molecule has 0 aliphatic rings. The lowest BCUT2D eigenvalue weighted by molar-refractivity contribution is -0.121. The average Bonchev–Trinajstić information content (AvgIpc) is 2.49. The molecule has 1 heterocycles. The molecule has 2 N–H and O–H groups in total. The number of carbonyl (C=O) groups is 1. The maximum absolute atomic E-state index is 11.5. The molecule has 1 aromatic rings. The predicted octanol–water partition coefficient (Wildman–Crippen LogP) is 1.17. The molecule has 0 radical (unpaired) electrons. The molecule has 1 atom stereocenters. The number of nitrogens with one attached hydrogen (secondary N) is 2. The van der Waals surface area contributed by atoms with E-state index >= 15 is 0 Å². The van der Waals surface area contributed by atoms with Crippen LogP contribution in [0.25, 0.3) is 0 Å². The van der Waals surface area contributed by atoms with Crippen molar-refractivity contribution >= 4 is 5.91 Å². The highest BCUT2D eigenvalue weighted by Crippen LogP contribution is 2.04. The first-order valence-corrected chi connectivity index (χ1v) is 5.25. The molecule has 0 fully saturated rings. The molecule has 0 spiro atoms. The van der Waals surface area contributed by atoms with E-state index in [-0.39, 0.29) is 11.9 Å². The van der Waals surface area contributed by atoms with Crippen molar-refractivity contribution in [2.75, 3.05) is 12.0 Å². The number of amides is 1. The van der Waals surface area contributed by atoms with E-state index in [0.29, 0.717) is 6.54 Å². The van der Waals surface area contributed by atoms with E-state index in [0.717, 1.165) is 11.4 Å². The van der Waals surface area contributed by atoms with E-state index in [1.807, 2.05) is 44.5 Å². The minimum Gasteiger partial charge on any atom is -0.355 e. The van der Waals surface area contributed by atoms with Crippen LogP contribution in [0.2, 0.25) is 0 Å². The Labute approximate surface area is 90.6 Å². The zero-order chi connectivity index (χ0) is 11.4. The van der Waals surface area contributed by atoms with Gasteiger partial charge in [-0.3, -0.25) is 9.47 Å². The smallest absolute Gasteiger partial charge is 0.243 e. The van der Waals surface area contributed by atoms with Gasteiger partial charge in [0.25, 0.3) is 0 Å². The number of rotatable bonds is 4. The largest absolute Gasteiger partial charge is 0.355 e. The maximum Gasteiger partial charge on any atom is 0.243 e. The van der Waals surface area contributed by atoms with Gasteiger partial charge in [-0.2, -0.15) is 0 Å². The van der Waals surface area contributed by atoms with Crippen molar-refractivity contribution in [2.45, 2.75) is 33.7 Å². The molecule has 84 valence electrons. The van der Waals surface area contributed by atoms with Crippen LogP contribution in [0.4, 0.5) is 0 Å². The Balaban J connectivity index is 2.66. The normalized spacial score (nSPS) is 12.3. The fraction of sp³-hybridized carbons (Fsp3) is 0.545. The van der Waals surface area contributed by atoms with Gasteiger partial charge in [-0.05, 0) is 39.8 Å². The second-order valence-corrected chi connectivity index (χ2v) is 3.70. The molecule has 15 heavy (non-hydrogen) atoms. The SMILES string of the molecule is CCNC(=O)C(C)Nn1c(C)ccc1C. The minimum absolute atomic E-state index is 0.0185. The first kappa shape index (κ1) is 11.6. The fourth-order valence-corrected chi connectivity index (χ4v) is 1.45. The third-order valence-corrected chi connectivity index (χ3v) is 2.34. The first-order chi connectivity index (χ1) is 7.06. The van der Waals surface area contributed by atoms with Crippen molar-refractivity contribution in [3.63, 3.8) is 0 Å². The molecule has 4 nitrogen and oxygen atoms in total. The van der Waals surface area contributed by atoms with Gasteiger partial charge in [0.05, 0.1) is 0 Å². The molecular formula is C11H19N3O. The van der Waals surface area contributed by atoms with Gasteiger partial charge in [0.2, 0.25) is 5.91 Å². The van der Waals surface area contributed by atoms with Crippen molar-refractivity contribution in [2.24, 2.45) is 0 Å². The third kappa shape index (κ3) is 2.75.